The molecule has 3 aliphatic carbocycles. The first kappa shape index (κ1) is 27.1. The van der Waals surface area contributed by atoms with Crippen molar-refractivity contribution in [3.05, 3.63) is 70.0 Å². The first-order valence-electron chi connectivity index (χ1n) is 12.5. The van der Waals surface area contributed by atoms with Crippen LogP contribution in [0.1, 0.15) is 27.9 Å². The van der Waals surface area contributed by atoms with Crippen LogP contribution in [0.5, 0.6) is 5.75 Å². The molecule has 11 heteroatoms. The fraction of sp³-hybridized carbons (Fsp3) is 0.310. The van der Waals surface area contributed by atoms with Crippen molar-refractivity contribution in [3.8, 4) is 16.9 Å². The van der Waals surface area contributed by atoms with Crippen LogP contribution in [0.15, 0.2) is 53.3 Å². The number of Topliss-reactive ketones (excluding diaryl/α,β-unsaturated/α-hetero) is 2. The molecule has 0 bridgehead atoms. The Morgan fingerprint density at radius 3 is 2.27 bits per heavy atom. The number of phenols is 1. The number of ketones is 2. The average Bonchev–Trinajstić information content (AvgIpc) is 2.90. The summed E-state index contributed by atoms with van der Waals surface area (Å²) in [5.41, 5.74) is 3.72. The van der Waals surface area contributed by atoms with Crippen LogP contribution in [0.4, 0.5) is 0 Å². The second-order valence-electron chi connectivity index (χ2n) is 10.5. The van der Waals surface area contributed by atoms with Crippen molar-refractivity contribution in [2.24, 2.45) is 17.6 Å². The number of phenolic OH excluding ortho intramolecular Hbond substituents is 1. The van der Waals surface area contributed by atoms with Gasteiger partial charge in [-0.3, -0.25) is 19.3 Å². The van der Waals surface area contributed by atoms with Gasteiger partial charge in [-0.15, -0.1) is 0 Å². The van der Waals surface area contributed by atoms with E-state index in [9.17, 15) is 39.6 Å². The number of fused-ring (bicyclic) bond motifs is 3. The number of methoxy groups -OCH3 is 1. The van der Waals surface area contributed by atoms with Crippen molar-refractivity contribution in [3.63, 3.8) is 0 Å². The minimum atomic E-state index is -2.69. The number of nitrogens with two attached hydrogens (primary N) is 1. The zero-order chi connectivity index (χ0) is 29.3. The molecular formula is C29H28N2O9. The molecule has 0 aliphatic heterocycles. The summed E-state index contributed by atoms with van der Waals surface area (Å²) in [6.07, 6.45) is 0.138. The Kier molecular flexibility index (Phi) is 6.31. The Hall–Kier alpha value is -4.48. The molecule has 208 valence electrons. The zero-order valence-electron chi connectivity index (χ0n) is 22.0. The number of carbonyl (C=O) groups is 4. The van der Waals surface area contributed by atoms with Crippen molar-refractivity contribution in [1.82, 2.24) is 4.90 Å². The molecule has 0 radical (unpaired) electrons. The van der Waals surface area contributed by atoms with Crippen LogP contribution in [0.2, 0.25) is 0 Å². The quantitative estimate of drug-likeness (QED) is 0.276. The lowest BCUT2D eigenvalue weighted by atomic mass is 9.57. The van der Waals surface area contributed by atoms with Gasteiger partial charge in [0.1, 0.15) is 22.8 Å². The van der Waals surface area contributed by atoms with Crippen LogP contribution in [0.25, 0.3) is 16.9 Å². The number of primary amides is 1. The molecule has 3 aliphatic rings. The molecule has 2 aromatic carbocycles. The van der Waals surface area contributed by atoms with E-state index in [0.717, 1.165) is 0 Å². The van der Waals surface area contributed by atoms with Gasteiger partial charge in [-0.25, -0.2) is 4.79 Å². The highest BCUT2D eigenvalue weighted by molar-refractivity contribution is 6.24. The number of ether oxygens (including phenoxy) is 1. The molecule has 6 N–H and O–H groups in total. The molecule has 0 unspecified atom stereocenters. The Labute approximate surface area is 228 Å². The maximum Gasteiger partial charge on any atom is 0.337 e. The summed E-state index contributed by atoms with van der Waals surface area (Å²) < 4.78 is 4.75. The molecular weight excluding hydrogens is 520 g/mol. The molecule has 2 aromatic rings. The van der Waals surface area contributed by atoms with E-state index in [4.69, 9.17) is 10.5 Å². The average molecular weight is 549 g/mol. The highest BCUT2D eigenvalue weighted by atomic mass is 16.5. The number of amides is 1. The van der Waals surface area contributed by atoms with E-state index in [1.165, 1.54) is 18.1 Å². The molecule has 1 saturated carbocycles. The maximum atomic E-state index is 13.9. The lowest BCUT2D eigenvalue weighted by Gasteiger charge is -2.50. The second-order valence-corrected chi connectivity index (χ2v) is 10.5. The third kappa shape index (κ3) is 3.65. The number of nitrogens with zero attached hydrogens (tertiary/aromatic N) is 1. The number of hydrogen-bond acceptors (Lipinski definition) is 10. The van der Waals surface area contributed by atoms with Gasteiger partial charge in [-0.2, -0.15) is 0 Å². The number of benzene rings is 2. The maximum absolute atomic E-state index is 13.9. The number of aliphatic hydroxyl groups is 3. The molecule has 4 atom stereocenters. The lowest BCUT2D eigenvalue weighted by molar-refractivity contribution is -0.153. The summed E-state index contributed by atoms with van der Waals surface area (Å²) in [5.74, 6) is -7.54. The van der Waals surface area contributed by atoms with E-state index < -0.39 is 64.0 Å². The molecule has 0 spiro atoms. The van der Waals surface area contributed by atoms with Gasteiger partial charge in [0.25, 0.3) is 5.91 Å². The molecule has 5 rings (SSSR count). The predicted molar refractivity (Wildman–Crippen MR) is 141 cm³/mol. The van der Waals surface area contributed by atoms with Gasteiger partial charge < -0.3 is 30.9 Å². The van der Waals surface area contributed by atoms with E-state index >= 15 is 0 Å². The Bertz CT molecular complexity index is 1550. The molecule has 0 heterocycles. The highest BCUT2D eigenvalue weighted by Crippen LogP contribution is 2.53. The van der Waals surface area contributed by atoms with E-state index in [1.54, 1.807) is 44.4 Å². The zero-order valence-corrected chi connectivity index (χ0v) is 22.0. The summed E-state index contributed by atoms with van der Waals surface area (Å²) in [5, 5.41) is 44.7. The number of likely N-dealkylation sites (N-methyl/N-ethyl adjacent to an activating group) is 1. The van der Waals surface area contributed by atoms with Crippen molar-refractivity contribution >= 4 is 29.2 Å². The van der Waals surface area contributed by atoms with E-state index in [1.807, 2.05) is 0 Å². The minimum absolute atomic E-state index is 0.00849. The van der Waals surface area contributed by atoms with Gasteiger partial charge in [0.05, 0.1) is 24.3 Å². The number of aliphatic hydroxyl groups excluding tert-OH is 2. The van der Waals surface area contributed by atoms with E-state index in [-0.39, 0.29) is 29.7 Å². The number of rotatable bonds is 4. The molecule has 40 heavy (non-hydrogen) atoms. The SMILES string of the molecule is COC(=O)c1ccc(-c2ccc(O)c3c2C[C@H]2C[C@H]4[C@@H](N(C)C)C(=O)C(C(N)=O)=C(O)[C@@]4(O)C(=O)C2=C3O)cc1. The number of hydrogen-bond donors (Lipinski definition) is 5. The number of carbonyl (C=O) groups excluding carboxylic acids is 4. The van der Waals surface area contributed by atoms with Crippen LogP contribution in [-0.4, -0.2) is 81.6 Å². The predicted octanol–water partition coefficient (Wildman–Crippen LogP) is 1.42. The van der Waals surface area contributed by atoms with Gasteiger partial charge in [-0.1, -0.05) is 18.2 Å². The number of aromatic hydroxyl groups is 1. The summed E-state index contributed by atoms with van der Waals surface area (Å²) in [4.78, 5) is 52.5. The smallest absolute Gasteiger partial charge is 0.337 e. The van der Waals surface area contributed by atoms with Gasteiger partial charge in [0.15, 0.2) is 11.4 Å². The third-order valence-corrected chi connectivity index (χ3v) is 8.22. The number of esters is 1. The lowest BCUT2D eigenvalue weighted by Crippen LogP contribution is -2.65. The van der Waals surface area contributed by atoms with Crippen molar-refractivity contribution in [2.45, 2.75) is 24.5 Å². The second kappa shape index (κ2) is 9.32. The van der Waals surface area contributed by atoms with Crippen molar-refractivity contribution < 1.29 is 44.3 Å². The Morgan fingerprint density at radius 2 is 1.70 bits per heavy atom. The normalized spacial score (nSPS) is 25.9. The van der Waals surface area contributed by atoms with Crippen LogP contribution in [-0.2, 0) is 25.5 Å². The minimum Gasteiger partial charge on any atom is -0.508 e. The largest absolute Gasteiger partial charge is 0.508 e. The van der Waals surface area contributed by atoms with Crippen LogP contribution in [0, 0.1) is 11.8 Å². The van der Waals surface area contributed by atoms with Crippen LogP contribution >= 0.6 is 0 Å². The van der Waals surface area contributed by atoms with Gasteiger partial charge in [0.2, 0.25) is 5.78 Å². The van der Waals surface area contributed by atoms with Crippen molar-refractivity contribution in [1.29, 1.82) is 0 Å². The summed E-state index contributed by atoms with van der Waals surface area (Å²) >= 11 is 0. The fourth-order valence-electron chi connectivity index (χ4n) is 6.42. The fourth-order valence-corrected chi connectivity index (χ4v) is 6.42. The van der Waals surface area contributed by atoms with E-state index in [0.29, 0.717) is 22.3 Å². The third-order valence-electron chi connectivity index (χ3n) is 8.22. The molecule has 11 nitrogen and oxygen atoms in total. The first-order chi connectivity index (χ1) is 18.8. The van der Waals surface area contributed by atoms with Crippen molar-refractivity contribution in [2.75, 3.05) is 21.2 Å². The Morgan fingerprint density at radius 1 is 1.05 bits per heavy atom. The van der Waals surface area contributed by atoms with E-state index in [2.05, 4.69) is 0 Å². The first-order valence-corrected chi connectivity index (χ1v) is 12.5. The molecule has 1 fully saturated rings. The molecule has 1 amide bonds. The van der Waals surface area contributed by atoms with Gasteiger partial charge in [0, 0.05) is 11.5 Å². The van der Waals surface area contributed by atoms with Crippen LogP contribution in [0.3, 0.4) is 0 Å². The monoisotopic (exact) mass is 548 g/mol. The molecule has 0 aromatic heterocycles. The molecule has 0 saturated heterocycles. The standard InChI is InChI=1S/C29H28N2O9/c1-31(2)22-17-11-14-10-16-15(12-4-6-13(7-5-12)28(38)40-3)8-9-18(32)20(16)23(33)19(14)25(35)29(17,39)26(36)21(24(22)34)27(30)37/h4-9,14,17,22,32-33,36,39H,10-11H2,1-3H3,(H2,30,37)/t14-,17-,22+,29-/m0/s1. The van der Waals surface area contributed by atoms with Gasteiger partial charge in [-0.05, 0) is 67.7 Å². The summed E-state index contributed by atoms with van der Waals surface area (Å²) in [7, 11) is 4.36. The highest BCUT2D eigenvalue weighted by Gasteiger charge is 2.64. The topological polar surface area (TPSA) is 188 Å². The summed E-state index contributed by atoms with van der Waals surface area (Å²) in [6.45, 7) is 0. The van der Waals surface area contributed by atoms with Crippen LogP contribution < -0.4 is 5.73 Å². The summed E-state index contributed by atoms with van der Waals surface area (Å²) in [6, 6.07) is 8.39. The Balaban J connectivity index is 1.69. The van der Waals surface area contributed by atoms with Gasteiger partial charge >= 0.3 is 5.97 Å².